The Labute approximate surface area is 117 Å². The van der Waals surface area contributed by atoms with Crippen molar-refractivity contribution in [2.24, 2.45) is 0 Å². The zero-order valence-corrected chi connectivity index (χ0v) is 11.6. The summed E-state index contributed by atoms with van der Waals surface area (Å²) in [7, 11) is 0. The van der Waals surface area contributed by atoms with Crippen molar-refractivity contribution in [1.82, 2.24) is 14.9 Å². The summed E-state index contributed by atoms with van der Waals surface area (Å²) in [5, 5.41) is 8.71. The van der Waals surface area contributed by atoms with Crippen LogP contribution in [0.1, 0.15) is 30.6 Å². The molecule has 0 fully saturated rings. The van der Waals surface area contributed by atoms with E-state index >= 15 is 0 Å². The lowest BCUT2D eigenvalue weighted by molar-refractivity contribution is 0.0712. The van der Waals surface area contributed by atoms with Crippen LogP contribution in [0.3, 0.4) is 0 Å². The van der Waals surface area contributed by atoms with E-state index in [4.69, 9.17) is 5.26 Å². The molecule has 0 spiro atoms. The zero-order valence-electron chi connectivity index (χ0n) is 11.6. The Balaban J connectivity index is 2.41. The number of nitrogens with zero attached hydrogens (tertiary/aromatic N) is 4. The smallest absolute Gasteiger partial charge is 0.256 e. The molecule has 0 aliphatic heterocycles. The minimum Gasteiger partial charge on any atom is -0.335 e. The normalized spacial score (nSPS) is 10.5. The van der Waals surface area contributed by atoms with Gasteiger partial charge in [0.05, 0.1) is 23.6 Å². The van der Waals surface area contributed by atoms with Gasteiger partial charge in [0.15, 0.2) is 0 Å². The highest BCUT2D eigenvalue weighted by molar-refractivity contribution is 6.04. The molecule has 1 heterocycles. The maximum Gasteiger partial charge on any atom is 0.256 e. The zero-order chi connectivity index (χ0) is 14.5. The summed E-state index contributed by atoms with van der Waals surface area (Å²) in [5.41, 5.74) is 1.83. The number of hydrogen-bond donors (Lipinski definition) is 0. The largest absolute Gasteiger partial charge is 0.335 e. The molecule has 0 radical (unpaired) electrons. The molecule has 20 heavy (non-hydrogen) atoms. The lowest BCUT2D eigenvalue weighted by Gasteiger charge is -2.26. The van der Waals surface area contributed by atoms with Gasteiger partial charge in [0.25, 0.3) is 5.91 Å². The second-order valence-electron chi connectivity index (χ2n) is 4.73. The van der Waals surface area contributed by atoms with Crippen molar-refractivity contribution in [3.05, 3.63) is 36.2 Å². The van der Waals surface area contributed by atoms with E-state index in [1.807, 2.05) is 19.9 Å². The van der Waals surface area contributed by atoms with Gasteiger partial charge in [-0.1, -0.05) is 6.07 Å². The van der Waals surface area contributed by atoms with Crippen molar-refractivity contribution >= 4 is 16.9 Å². The molecule has 0 aliphatic carbocycles. The fraction of sp³-hybridized carbons (Fsp3) is 0.333. The quantitative estimate of drug-likeness (QED) is 0.853. The summed E-state index contributed by atoms with van der Waals surface area (Å²) in [6.45, 7) is 4.29. The van der Waals surface area contributed by atoms with Crippen molar-refractivity contribution in [1.29, 1.82) is 5.26 Å². The molecule has 1 amide bonds. The van der Waals surface area contributed by atoms with E-state index in [1.165, 1.54) is 0 Å². The monoisotopic (exact) mass is 268 g/mol. The number of carbonyl (C=O) groups excluding carboxylic acids is 1. The predicted molar refractivity (Wildman–Crippen MR) is 75.9 cm³/mol. The van der Waals surface area contributed by atoms with Crippen LogP contribution < -0.4 is 0 Å². The second kappa shape index (κ2) is 6.11. The number of hydrogen-bond acceptors (Lipinski definition) is 4. The third-order valence-corrected chi connectivity index (χ3v) is 3.08. The first-order chi connectivity index (χ1) is 9.65. The van der Waals surface area contributed by atoms with Crippen LogP contribution in [-0.4, -0.2) is 33.4 Å². The van der Waals surface area contributed by atoms with E-state index in [2.05, 4.69) is 16.0 Å². The van der Waals surface area contributed by atoms with Crippen LogP contribution in [0.15, 0.2) is 30.6 Å². The third-order valence-electron chi connectivity index (χ3n) is 3.08. The molecule has 0 atom stereocenters. The molecule has 5 heteroatoms. The summed E-state index contributed by atoms with van der Waals surface area (Å²) >= 11 is 0. The van der Waals surface area contributed by atoms with Gasteiger partial charge >= 0.3 is 0 Å². The van der Waals surface area contributed by atoms with Crippen LogP contribution in [-0.2, 0) is 0 Å². The van der Waals surface area contributed by atoms with Gasteiger partial charge in [-0.3, -0.25) is 14.8 Å². The molecule has 1 aromatic heterocycles. The van der Waals surface area contributed by atoms with Crippen LogP contribution >= 0.6 is 0 Å². The Morgan fingerprint density at radius 2 is 2.10 bits per heavy atom. The first-order valence-corrected chi connectivity index (χ1v) is 6.52. The van der Waals surface area contributed by atoms with Gasteiger partial charge in [0, 0.05) is 25.0 Å². The molecule has 2 aromatic rings. The molecule has 0 unspecified atom stereocenters. The summed E-state index contributed by atoms with van der Waals surface area (Å²) in [5.74, 6) is -0.110. The highest BCUT2D eigenvalue weighted by atomic mass is 16.2. The van der Waals surface area contributed by atoms with Crippen molar-refractivity contribution in [3.63, 3.8) is 0 Å². The van der Waals surface area contributed by atoms with Gasteiger partial charge in [-0.25, -0.2) is 0 Å². The van der Waals surface area contributed by atoms with Crippen molar-refractivity contribution in [2.75, 3.05) is 6.54 Å². The minimum atomic E-state index is -0.110. The predicted octanol–water partition coefficient (Wildman–Crippen LogP) is 2.39. The van der Waals surface area contributed by atoms with Gasteiger partial charge in [-0.05, 0) is 26.0 Å². The van der Waals surface area contributed by atoms with Crippen LogP contribution in [0.5, 0.6) is 0 Å². The molecular weight excluding hydrogens is 252 g/mol. The molecule has 0 aliphatic rings. The first kappa shape index (κ1) is 13.9. The topological polar surface area (TPSA) is 69.9 Å². The summed E-state index contributed by atoms with van der Waals surface area (Å²) in [6.07, 6.45) is 3.50. The number of para-hydroxylation sites is 1. The Morgan fingerprint density at radius 3 is 2.80 bits per heavy atom. The molecule has 1 aromatic carbocycles. The van der Waals surface area contributed by atoms with Crippen LogP contribution in [0, 0.1) is 11.3 Å². The highest BCUT2D eigenvalue weighted by Gasteiger charge is 2.20. The van der Waals surface area contributed by atoms with E-state index in [0.29, 0.717) is 29.6 Å². The van der Waals surface area contributed by atoms with Gasteiger partial charge in [0.2, 0.25) is 0 Å². The molecular formula is C15H16N4O. The second-order valence-corrected chi connectivity index (χ2v) is 4.73. The minimum absolute atomic E-state index is 0.0303. The van der Waals surface area contributed by atoms with Gasteiger partial charge < -0.3 is 4.90 Å². The fourth-order valence-corrected chi connectivity index (χ4v) is 2.08. The molecule has 102 valence electrons. The van der Waals surface area contributed by atoms with Crippen molar-refractivity contribution < 1.29 is 4.79 Å². The van der Waals surface area contributed by atoms with Crippen molar-refractivity contribution in [2.45, 2.75) is 26.3 Å². The Morgan fingerprint density at radius 1 is 1.35 bits per heavy atom. The van der Waals surface area contributed by atoms with Crippen LogP contribution in [0.25, 0.3) is 11.0 Å². The van der Waals surface area contributed by atoms with Crippen LogP contribution in [0.2, 0.25) is 0 Å². The molecule has 5 nitrogen and oxygen atoms in total. The fourth-order valence-electron chi connectivity index (χ4n) is 2.08. The average Bonchev–Trinajstić information content (AvgIpc) is 2.46. The number of benzene rings is 1. The van der Waals surface area contributed by atoms with E-state index in [1.54, 1.807) is 29.4 Å². The highest BCUT2D eigenvalue weighted by Crippen LogP contribution is 2.17. The molecule has 2 rings (SSSR count). The Hall–Kier alpha value is -2.48. The maximum atomic E-state index is 12.7. The molecule has 0 bridgehead atoms. The lowest BCUT2D eigenvalue weighted by atomic mass is 10.1. The Bertz CT molecular complexity index is 655. The summed E-state index contributed by atoms with van der Waals surface area (Å²) in [4.78, 5) is 22.8. The van der Waals surface area contributed by atoms with Gasteiger partial charge in [-0.15, -0.1) is 0 Å². The van der Waals surface area contributed by atoms with E-state index < -0.39 is 0 Å². The third kappa shape index (κ3) is 2.75. The average molecular weight is 268 g/mol. The number of rotatable bonds is 4. The summed E-state index contributed by atoms with van der Waals surface area (Å²) < 4.78 is 0. The number of amides is 1. The molecule has 0 saturated heterocycles. The van der Waals surface area contributed by atoms with Crippen molar-refractivity contribution in [3.8, 4) is 6.07 Å². The number of aromatic nitrogens is 2. The van der Waals surface area contributed by atoms with Gasteiger partial charge in [-0.2, -0.15) is 5.26 Å². The van der Waals surface area contributed by atoms with Crippen LogP contribution in [0.4, 0.5) is 0 Å². The summed E-state index contributed by atoms with van der Waals surface area (Å²) in [6, 6.07) is 7.48. The molecule has 0 N–H and O–H groups in total. The van der Waals surface area contributed by atoms with Gasteiger partial charge in [0.1, 0.15) is 5.52 Å². The van der Waals surface area contributed by atoms with E-state index in [-0.39, 0.29) is 11.9 Å². The number of nitriles is 1. The SMILES string of the molecule is CC(C)N(CCC#N)C(=O)c1cccc2nccnc12. The van der Waals surface area contributed by atoms with E-state index in [0.717, 1.165) is 0 Å². The maximum absolute atomic E-state index is 12.7. The number of carbonyl (C=O) groups is 1. The first-order valence-electron chi connectivity index (χ1n) is 6.52. The molecule has 0 saturated carbocycles. The standard InChI is InChI=1S/C15H16N4O/c1-11(2)19(10-4-7-16)15(20)12-5-3-6-13-14(12)18-9-8-17-13/h3,5-6,8-9,11H,4,10H2,1-2H3. The lowest BCUT2D eigenvalue weighted by Crippen LogP contribution is -2.37. The number of fused-ring (bicyclic) bond motifs is 1. The van der Waals surface area contributed by atoms with E-state index in [9.17, 15) is 4.79 Å². The Kier molecular flexibility index (Phi) is 4.26.